The average molecular weight is 548 g/mol. The molecule has 218 valence electrons. The third-order valence-corrected chi connectivity index (χ3v) is 7.90. The summed E-state index contributed by atoms with van der Waals surface area (Å²) in [6.07, 6.45) is 19.8. The number of nitrogens with zero attached hydrogens (tertiary/aromatic N) is 3. The van der Waals surface area contributed by atoms with Gasteiger partial charge in [-0.15, -0.1) is 0 Å². The largest absolute Gasteiger partial charge is 0.381 e. The van der Waals surface area contributed by atoms with Crippen LogP contribution in [0.3, 0.4) is 0 Å². The Kier molecular flexibility index (Phi) is 13.7. The Morgan fingerprint density at radius 3 is 2.18 bits per heavy atom. The summed E-state index contributed by atoms with van der Waals surface area (Å²) >= 11 is 0. The van der Waals surface area contributed by atoms with Crippen LogP contribution in [0.25, 0.3) is 11.5 Å². The molecule has 0 spiro atoms. The van der Waals surface area contributed by atoms with Crippen LogP contribution in [0.1, 0.15) is 127 Å². The fourth-order valence-corrected chi connectivity index (χ4v) is 5.50. The first kappa shape index (κ1) is 31.5. The number of ether oxygens (including phenoxy) is 1. The highest BCUT2D eigenvalue weighted by atomic mass is 19.3. The van der Waals surface area contributed by atoms with Gasteiger partial charge in [-0.2, -0.15) is 4.39 Å². The van der Waals surface area contributed by atoms with Gasteiger partial charge >= 0.3 is 0 Å². The minimum atomic E-state index is -3.20. The number of halogens is 3. The van der Waals surface area contributed by atoms with Gasteiger partial charge in [-0.25, -0.2) is 23.7 Å². The standard InChI is InChI=1S/C32H48F3N3O/c1-3-5-7-8-9-10-13-17-27-19-18-26-22-28(38-30(33)29(26)32(27,34)35)31-36-23-25(24-37-31)16-12-11-15-21-39-20-14-6-4-2/h22-24,27H,3-21H2,1-2H3. The number of fused-ring (bicyclic) bond motifs is 1. The summed E-state index contributed by atoms with van der Waals surface area (Å²) < 4.78 is 51.3. The maximum atomic E-state index is 15.3. The van der Waals surface area contributed by atoms with Crippen molar-refractivity contribution in [1.82, 2.24) is 15.0 Å². The number of pyridine rings is 1. The maximum absolute atomic E-state index is 15.3. The molecule has 0 fully saturated rings. The molecule has 1 unspecified atom stereocenters. The van der Waals surface area contributed by atoms with Crippen molar-refractivity contribution < 1.29 is 17.9 Å². The van der Waals surface area contributed by atoms with E-state index in [4.69, 9.17) is 4.74 Å². The average Bonchev–Trinajstić information content (AvgIpc) is 2.92. The summed E-state index contributed by atoms with van der Waals surface area (Å²) in [6.45, 7) is 6.01. The van der Waals surface area contributed by atoms with Gasteiger partial charge in [0, 0.05) is 31.5 Å². The zero-order valence-corrected chi connectivity index (χ0v) is 24.1. The van der Waals surface area contributed by atoms with Crippen molar-refractivity contribution >= 4 is 0 Å². The highest BCUT2D eigenvalue weighted by Gasteiger charge is 2.47. The lowest BCUT2D eigenvalue weighted by Gasteiger charge is -2.33. The van der Waals surface area contributed by atoms with Crippen LogP contribution in [0.4, 0.5) is 13.2 Å². The van der Waals surface area contributed by atoms with Gasteiger partial charge in [0.2, 0.25) is 5.95 Å². The van der Waals surface area contributed by atoms with Crippen molar-refractivity contribution in [3.8, 4) is 11.5 Å². The first-order chi connectivity index (χ1) is 19.0. The number of aromatic nitrogens is 3. The van der Waals surface area contributed by atoms with Crippen molar-refractivity contribution in [1.29, 1.82) is 0 Å². The first-order valence-electron chi connectivity index (χ1n) is 15.4. The Balaban J connectivity index is 1.49. The highest BCUT2D eigenvalue weighted by molar-refractivity contribution is 5.53. The molecule has 1 atom stereocenters. The fraction of sp³-hybridized carbons (Fsp3) is 0.719. The molecule has 1 aliphatic rings. The molecule has 0 saturated carbocycles. The third kappa shape index (κ3) is 9.84. The summed E-state index contributed by atoms with van der Waals surface area (Å²) in [5.74, 6) is -4.84. The Morgan fingerprint density at radius 2 is 1.46 bits per heavy atom. The SMILES string of the molecule is CCCCCCCCCC1CCc2cc(-c3ncc(CCCCCOCCCCC)cn3)nc(F)c2C1(F)F. The fourth-order valence-electron chi connectivity index (χ4n) is 5.50. The zero-order chi connectivity index (χ0) is 27.9. The Morgan fingerprint density at radius 1 is 0.846 bits per heavy atom. The van der Waals surface area contributed by atoms with Crippen LogP contribution in [0.5, 0.6) is 0 Å². The van der Waals surface area contributed by atoms with Gasteiger partial charge < -0.3 is 4.74 Å². The summed E-state index contributed by atoms with van der Waals surface area (Å²) in [4.78, 5) is 12.6. The monoisotopic (exact) mass is 547 g/mol. The van der Waals surface area contributed by atoms with Crippen LogP contribution in [0, 0.1) is 11.9 Å². The van der Waals surface area contributed by atoms with Crippen molar-refractivity contribution in [2.75, 3.05) is 13.2 Å². The lowest BCUT2D eigenvalue weighted by Crippen LogP contribution is -2.33. The van der Waals surface area contributed by atoms with Crippen molar-refractivity contribution in [2.45, 2.75) is 129 Å². The molecule has 4 nitrogen and oxygen atoms in total. The molecule has 0 aromatic carbocycles. The molecule has 2 aromatic heterocycles. The molecule has 0 saturated heterocycles. The maximum Gasteiger partial charge on any atom is 0.280 e. The van der Waals surface area contributed by atoms with Crippen molar-refractivity contribution in [3.05, 3.63) is 41.1 Å². The van der Waals surface area contributed by atoms with E-state index in [0.29, 0.717) is 24.8 Å². The van der Waals surface area contributed by atoms with Crippen LogP contribution in [-0.2, 0) is 23.5 Å². The quantitative estimate of drug-likeness (QED) is 0.130. The number of aryl methyl sites for hydroxylation is 2. The molecule has 2 heterocycles. The molecule has 0 amide bonds. The van der Waals surface area contributed by atoms with Crippen molar-refractivity contribution in [3.63, 3.8) is 0 Å². The summed E-state index contributed by atoms with van der Waals surface area (Å²) in [7, 11) is 0. The predicted octanol–water partition coefficient (Wildman–Crippen LogP) is 9.39. The highest BCUT2D eigenvalue weighted by Crippen LogP contribution is 2.47. The van der Waals surface area contributed by atoms with Crippen molar-refractivity contribution in [2.24, 2.45) is 5.92 Å². The van der Waals surface area contributed by atoms with E-state index in [1.54, 1.807) is 18.5 Å². The summed E-state index contributed by atoms with van der Waals surface area (Å²) in [5.41, 5.74) is 1.04. The molecular formula is C32H48F3N3O. The first-order valence-corrected chi connectivity index (χ1v) is 15.4. The molecule has 1 aliphatic carbocycles. The second-order valence-electron chi connectivity index (χ2n) is 11.1. The number of unbranched alkanes of at least 4 members (excludes halogenated alkanes) is 10. The van der Waals surface area contributed by atoms with E-state index in [9.17, 15) is 0 Å². The summed E-state index contributed by atoms with van der Waals surface area (Å²) in [6, 6.07) is 1.56. The van der Waals surface area contributed by atoms with Crippen LogP contribution in [-0.4, -0.2) is 28.2 Å². The zero-order valence-electron chi connectivity index (χ0n) is 24.1. The molecule has 7 heteroatoms. The molecule has 0 radical (unpaired) electrons. The minimum absolute atomic E-state index is 0.222. The molecule has 2 aromatic rings. The molecule has 0 N–H and O–H groups in total. The van der Waals surface area contributed by atoms with Crippen LogP contribution < -0.4 is 0 Å². The topological polar surface area (TPSA) is 47.9 Å². The van der Waals surface area contributed by atoms with Crippen LogP contribution >= 0.6 is 0 Å². The van der Waals surface area contributed by atoms with Gasteiger partial charge in [0.15, 0.2) is 5.82 Å². The lowest BCUT2D eigenvalue weighted by atomic mass is 9.78. The minimum Gasteiger partial charge on any atom is -0.381 e. The number of hydrogen-bond acceptors (Lipinski definition) is 4. The second-order valence-corrected chi connectivity index (χ2v) is 11.1. The molecule has 39 heavy (non-hydrogen) atoms. The van der Waals surface area contributed by atoms with E-state index in [2.05, 4.69) is 28.8 Å². The van der Waals surface area contributed by atoms with Crippen LogP contribution in [0.2, 0.25) is 0 Å². The number of rotatable bonds is 19. The normalized spacial score (nSPS) is 16.4. The Hall–Kier alpha value is -2.02. The molecule has 0 aliphatic heterocycles. The van der Waals surface area contributed by atoms with E-state index < -0.39 is 23.4 Å². The van der Waals surface area contributed by atoms with E-state index in [-0.39, 0.29) is 11.5 Å². The van der Waals surface area contributed by atoms with Gasteiger partial charge in [-0.3, -0.25) is 0 Å². The van der Waals surface area contributed by atoms with Crippen LogP contribution in [0.15, 0.2) is 18.5 Å². The van der Waals surface area contributed by atoms with Gasteiger partial charge in [-0.05, 0) is 62.1 Å². The Bertz CT molecular complexity index is 968. The van der Waals surface area contributed by atoms with Gasteiger partial charge in [0.25, 0.3) is 5.92 Å². The summed E-state index contributed by atoms with van der Waals surface area (Å²) in [5, 5.41) is 0. The van der Waals surface area contributed by atoms with E-state index in [1.165, 1.54) is 32.1 Å². The molecule has 0 bridgehead atoms. The molecular weight excluding hydrogens is 499 g/mol. The number of hydrogen-bond donors (Lipinski definition) is 0. The van der Waals surface area contributed by atoms with E-state index in [1.807, 2.05) is 0 Å². The molecule has 3 rings (SSSR count). The van der Waals surface area contributed by atoms with Gasteiger partial charge in [0.05, 0.1) is 5.56 Å². The lowest BCUT2D eigenvalue weighted by molar-refractivity contribution is -0.0824. The smallest absolute Gasteiger partial charge is 0.280 e. The van der Waals surface area contributed by atoms with Gasteiger partial charge in [0.1, 0.15) is 5.69 Å². The predicted molar refractivity (Wildman–Crippen MR) is 151 cm³/mol. The number of alkyl halides is 2. The van der Waals surface area contributed by atoms with E-state index >= 15 is 13.2 Å². The second kappa shape index (κ2) is 16.9. The third-order valence-electron chi connectivity index (χ3n) is 7.90. The van der Waals surface area contributed by atoms with E-state index in [0.717, 1.165) is 76.6 Å². The Labute approximate surface area is 233 Å². The van der Waals surface area contributed by atoms with Gasteiger partial charge in [-0.1, -0.05) is 78.1 Å².